The Bertz CT molecular complexity index is 420. The van der Waals surface area contributed by atoms with Gasteiger partial charge in [-0.05, 0) is 99.5 Å². The van der Waals surface area contributed by atoms with Crippen molar-refractivity contribution in [2.45, 2.75) is 113 Å². The third-order valence-electron chi connectivity index (χ3n) is 8.22. The SMILES string of the molecule is CC(C)N1CCC2(CC1)CCC(C(C)C)(C(C)(C)CC(C)(C)C)CC2. The van der Waals surface area contributed by atoms with Crippen molar-refractivity contribution < 1.29 is 0 Å². The topological polar surface area (TPSA) is 3.24 Å². The van der Waals surface area contributed by atoms with Crippen LogP contribution in [-0.2, 0) is 0 Å². The van der Waals surface area contributed by atoms with Gasteiger partial charge in [0.15, 0.2) is 0 Å². The van der Waals surface area contributed by atoms with Crippen molar-refractivity contribution in [1.82, 2.24) is 4.90 Å². The van der Waals surface area contributed by atoms with Crippen LogP contribution in [-0.4, -0.2) is 24.0 Å². The summed E-state index contributed by atoms with van der Waals surface area (Å²) in [5.41, 5.74) is 2.05. The highest BCUT2D eigenvalue weighted by molar-refractivity contribution is 5.03. The van der Waals surface area contributed by atoms with Crippen LogP contribution in [0.15, 0.2) is 0 Å². The number of piperidine rings is 1. The van der Waals surface area contributed by atoms with Gasteiger partial charge >= 0.3 is 0 Å². The molecule has 0 aromatic rings. The number of hydrogen-bond donors (Lipinski definition) is 0. The van der Waals surface area contributed by atoms with E-state index in [1.54, 1.807) is 0 Å². The first-order valence-corrected chi connectivity index (χ1v) is 11.1. The summed E-state index contributed by atoms with van der Waals surface area (Å²) in [4.78, 5) is 2.69. The smallest absolute Gasteiger partial charge is 0.00385 e. The van der Waals surface area contributed by atoms with Crippen molar-refractivity contribution in [3.05, 3.63) is 0 Å². The van der Waals surface area contributed by atoms with E-state index in [9.17, 15) is 0 Å². The van der Waals surface area contributed by atoms with Gasteiger partial charge in [0, 0.05) is 6.04 Å². The van der Waals surface area contributed by atoms with Gasteiger partial charge in [-0.15, -0.1) is 0 Å². The minimum absolute atomic E-state index is 0.420. The first-order valence-electron chi connectivity index (χ1n) is 11.1. The number of hydrogen-bond acceptors (Lipinski definition) is 1. The Morgan fingerprint density at radius 3 is 1.60 bits per heavy atom. The molecule has 0 atom stereocenters. The van der Waals surface area contributed by atoms with Gasteiger partial charge in [0.1, 0.15) is 0 Å². The molecule has 25 heavy (non-hydrogen) atoms. The molecular weight excluding hydrogens is 302 g/mol. The van der Waals surface area contributed by atoms with Crippen molar-refractivity contribution in [2.24, 2.45) is 27.6 Å². The lowest BCUT2D eigenvalue weighted by atomic mass is 9.47. The molecule has 0 unspecified atom stereocenters. The molecule has 1 aliphatic carbocycles. The first kappa shape index (κ1) is 21.3. The van der Waals surface area contributed by atoms with Crippen molar-refractivity contribution in [2.75, 3.05) is 13.1 Å². The lowest BCUT2D eigenvalue weighted by molar-refractivity contribution is -0.0867. The van der Waals surface area contributed by atoms with Crippen LogP contribution in [0.3, 0.4) is 0 Å². The summed E-state index contributed by atoms with van der Waals surface area (Å²) in [5, 5.41) is 0. The number of likely N-dealkylation sites (tertiary alicyclic amines) is 1. The molecule has 2 rings (SSSR count). The van der Waals surface area contributed by atoms with Gasteiger partial charge in [-0.1, -0.05) is 48.5 Å². The van der Waals surface area contributed by atoms with E-state index in [1.807, 2.05) is 0 Å². The van der Waals surface area contributed by atoms with Gasteiger partial charge in [-0.25, -0.2) is 0 Å². The van der Waals surface area contributed by atoms with Crippen LogP contribution in [0.2, 0.25) is 0 Å². The van der Waals surface area contributed by atoms with Crippen LogP contribution in [0.4, 0.5) is 0 Å². The van der Waals surface area contributed by atoms with Gasteiger partial charge in [-0.2, -0.15) is 0 Å². The second-order valence-electron chi connectivity index (χ2n) is 12.1. The van der Waals surface area contributed by atoms with E-state index in [4.69, 9.17) is 0 Å². The largest absolute Gasteiger partial charge is 0.301 e. The highest BCUT2D eigenvalue weighted by Gasteiger charge is 2.53. The molecular formula is C24H47N. The van der Waals surface area contributed by atoms with Gasteiger partial charge in [0.2, 0.25) is 0 Å². The quantitative estimate of drug-likeness (QED) is 0.520. The summed E-state index contributed by atoms with van der Waals surface area (Å²) in [6.07, 6.45) is 10.1. The van der Waals surface area contributed by atoms with E-state index in [0.717, 1.165) is 12.0 Å². The van der Waals surface area contributed by atoms with Crippen molar-refractivity contribution in [3.8, 4) is 0 Å². The summed E-state index contributed by atoms with van der Waals surface area (Å²) in [6.45, 7) is 24.8. The van der Waals surface area contributed by atoms with Gasteiger partial charge < -0.3 is 4.90 Å². The maximum absolute atomic E-state index is 2.69. The van der Waals surface area contributed by atoms with E-state index in [0.29, 0.717) is 21.7 Å². The predicted octanol–water partition coefficient (Wildman–Crippen LogP) is 7.16. The molecule has 1 saturated carbocycles. The molecule has 1 aliphatic heterocycles. The fourth-order valence-electron chi connectivity index (χ4n) is 6.78. The Balaban J connectivity index is 2.11. The highest BCUT2D eigenvalue weighted by atomic mass is 15.2. The van der Waals surface area contributed by atoms with E-state index in [-0.39, 0.29) is 0 Å². The van der Waals surface area contributed by atoms with Crippen LogP contribution < -0.4 is 0 Å². The van der Waals surface area contributed by atoms with Gasteiger partial charge in [0.05, 0.1) is 0 Å². The molecule has 0 amide bonds. The Hall–Kier alpha value is -0.0400. The van der Waals surface area contributed by atoms with Crippen molar-refractivity contribution in [3.63, 3.8) is 0 Å². The summed E-state index contributed by atoms with van der Waals surface area (Å²) in [6, 6.07) is 0.724. The van der Waals surface area contributed by atoms with Crippen LogP contribution in [0.1, 0.15) is 107 Å². The monoisotopic (exact) mass is 349 g/mol. The molecule has 148 valence electrons. The summed E-state index contributed by atoms with van der Waals surface area (Å²) in [7, 11) is 0. The molecule has 0 bridgehead atoms. The molecule has 2 aliphatic rings. The Kier molecular flexibility index (Phi) is 6.10. The molecule has 2 fully saturated rings. The Labute approximate surface area is 159 Å². The zero-order valence-corrected chi connectivity index (χ0v) is 19.0. The van der Waals surface area contributed by atoms with Gasteiger partial charge in [0.25, 0.3) is 0 Å². The zero-order valence-electron chi connectivity index (χ0n) is 19.0. The van der Waals surface area contributed by atoms with E-state index in [1.165, 1.54) is 58.0 Å². The second-order valence-corrected chi connectivity index (χ2v) is 12.1. The number of rotatable bonds is 4. The Morgan fingerprint density at radius 2 is 1.24 bits per heavy atom. The second kappa shape index (κ2) is 7.17. The fourth-order valence-corrected chi connectivity index (χ4v) is 6.78. The third kappa shape index (κ3) is 4.45. The van der Waals surface area contributed by atoms with E-state index >= 15 is 0 Å². The maximum Gasteiger partial charge on any atom is 0.00385 e. The number of nitrogens with zero attached hydrogens (tertiary/aromatic N) is 1. The predicted molar refractivity (Wildman–Crippen MR) is 112 cm³/mol. The molecule has 1 nitrogen and oxygen atoms in total. The molecule has 1 spiro atoms. The highest BCUT2D eigenvalue weighted by Crippen LogP contribution is 2.62. The standard InChI is InChI=1S/C24H47N/c1-19(2)24(22(8,9)18-21(5,6)7)12-10-23(11-13-24)14-16-25(17-15-23)20(3)4/h19-20H,10-18H2,1-9H3. The van der Waals surface area contributed by atoms with Crippen LogP contribution in [0.25, 0.3) is 0 Å². The van der Waals surface area contributed by atoms with Crippen LogP contribution >= 0.6 is 0 Å². The molecule has 0 aromatic heterocycles. The zero-order chi connectivity index (χ0) is 19.1. The first-order chi connectivity index (χ1) is 11.3. The molecule has 1 heterocycles. The minimum Gasteiger partial charge on any atom is -0.301 e. The van der Waals surface area contributed by atoms with Crippen LogP contribution in [0.5, 0.6) is 0 Å². The lowest BCUT2D eigenvalue weighted by Gasteiger charge is -2.59. The molecule has 0 radical (unpaired) electrons. The molecule has 1 heteroatoms. The summed E-state index contributed by atoms with van der Waals surface area (Å²) >= 11 is 0. The maximum atomic E-state index is 2.69. The third-order valence-corrected chi connectivity index (χ3v) is 8.22. The van der Waals surface area contributed by atoms with Crippen molar-refractivity contribution >= 4 is 0 Å². The molecule has 0 N–H and O–H groups in total. The lowest BCUT2D eigenvalue weighted by Crippen LogP contribution is -2.51. The van der Waals surface area contributed by atoms with Crippen LogP contribution in [0, 0.1) is 27.6 Å². The Morgan fingerprint density at radius 1 is 0.760 bits per heavy atom. The summed E-state index contributed by atoms with van der Waals surface area (Å²) < 4.78 is 0. The van der Waals surface area contributed by atoms with E-state index in [2.05, 4.69) is 67.2 Å². The minimum atomic E-state index is 0.420. The molecule has 0 aromatic carbocycles. The van der Waals surface area contributed by atoms with Gasteiger partial charge in [-0.3, -0.25) is 0 Å². The van der Waals surface area contributed by atoms with E-state index < -0.39 is 0 Å². The average Bonchev–Trinajstić information content (AvgIpc) is 2.45. The summed E-state index contributed by atoms with van der Waals surface area (Å²) in [5.74, 6) is 0.790. The fraction of sp³-hybridized carbons (Fsp3) is 1.00. The molecule has 1 saturated heterocycles. The van der Waals surface area contributed by atoms with Crippen molar-refractivity contribution in [1.29, 1.82) is 0 Å². The normalized spacial score (nSPS) is 25.1. The average molecular weight is 350 g/mol.